The fraction of sp³-hybridized carbons (Fsp3) is 0.579. The van der Waals surface area contributed by atoms with E-state index in [0.717, 1.165) is 42.8 Å². The largest absolute Gasteiger partial charge is 0.361 e. The zero-order valence-electron chi connectivity index (χ0n) is 15.9. The van der Waals surface area contributed by atoms with Crippen molar-refractivity contribution in [1.29, 1.82) is 0 Å². The van der Waals surface area contributed by atoms with Crippen LogP contribution >= 0.6 is 0 Å². The van der Waals surface area contributed by atoms with Crippen molar-refractivity contribution in [3.8, 4) is 0 Å². The van der Waals surface area contributed by atoms with Crippen molar-refractivity contribution in [2.45, 2.75) is 46.1 Å². The smallest absolute Gasteiger partial charge is 0.274 e. The third-order valence-corrected chi connectivity index (χ3v) is 5.56. The molecule has 4 heterocycles. The van der Waals surface area contributed by atoms with Crippen LogP contribution in [0.3, 0.4) is 0 Å². The second kappa shape index (κ2) is 7.17. The van der Waals surface area contributed by atoms with Crippen LogP contribution in [0.2, 0.25) is 0 Å². The second-order valence-electron chi connectivity index (χ2n) is 7.35. The first-order valence-corrected chi connectivity index (χ1v) is 9.58. The van der Waals surface area contributed by atoms with E-state index < -0.39 is 0 Å². The molecule has 8 nitrogen and oxygen atoms in total. The molecule has 0 saturated carbocycles. The molecule has 0 aliphatic carbocycles. The minimum absolute atomic E-state index is 0.0327. The van der Waals surface area contributed by atoms with Crippen LogP contribution in [-0.2, 0) is 24.2 Å². The molecule has 0 N–H and O–H groups in total. The predicted octanol–water partition coefficient (Wildman–Crippen LogP) is 1.35. The van der Waals surface area contributed by atoms with Gasteiger partial charge in [-0.05, 0) is 39.2 Å². The maximum atomic E-state index is 12.8. The normalized spacial score (nSPS) is 17.1. The Morgan fingerprint density at radius 3 is 2.48 bits per heavy atom. The molecule has 0 aromatic carbocycles. The highest BCUT2D eigenvalue weighted by atomic mass is 16.5. The Kier molecular flexibility index (Phi) is 4.72. The van der Waals surface area contributed by atoms with Gasteiger partial charge in [-0.15, -0.1) is 0 Å². The van der Waals surface area contributed by atoms with Gasteiger partial charge in [0, 0.05) is 44.0 Å². The molecular formula is C19H25N5O3. The van der Waals surface area contributed by atoms with E-state index >= 15 is 0 Å². The Morgan fingerprint density at radius 1 is 1.07 bits per heavy atom. The molecule has 2 aliphatic rings. The summed E-state index contributed by atoms with van der Waals surface area (Å²) >= 11 is 0. The van der Waals surface area contributed by atoms with E-state index in [1.165, 1.54) is 0 Å². The van der Waals surface area contributed by atoms with Crippen molar-refractivity contribution in [1.82, 2.24) is 24.7 Å². The Balaban J connectivity index is 1.35. The molecule has 4 rings (SSSR count). The quantitative estimate of drug-likeness (QED) is 0.813. The average Bonchev–Trinajstić information content (AvgIpc) is 3.26. The highest BCUT2D eigenvalue weighted by Gasteiger charge is 2.28. The molecular weight excluding hydrogens is 346 g/mol. The van der Waals surface area contributed by atoms with Crippen molar-refractivity contribution >= 4 is 11.8 Å². The van der Waals surface area contributed by atoms with Crippen molar-refractivity contribution in [3.63, 3.8) is 0 Å². The third-order valence-electron chi connectivity index (χ3n) is 5.56. The van der Waals surface area contributed by atoms with Gasteiger partial charge >= 0.3 is 0 Å². The number of carbonyl (C=O) groups is 2. The number of hydrogen-bond donors (Lipinski definition) is 0. The monoisotopic (exact) mass is 371 g/mol. The van der Waals surface area contributed by atoms with E-state index in [9.17, 15) is 9.59 Å². The molecule has 2 aromatic rings. The van der Waals surface area contributed by atoms with Gasteiger partial charge in [0.05, 0.1) is 12.1 Å². The van der Waals surface area contributed by atoms with Crippen LogP contribution in [0.25, 0.3) is 0 Å². The number of piperazine rings is 1. The predicted molar refractivity (Wildman–Crippen MR) is 97.3 cm³/mol. The van der Waals surface area contributed by atoms with Crippen molar-refractivity contribution < 1.29 is 14.1 Å². The number of fused-ring (bicyclic) bond motifs is 1. The summed E-state index contributed by atoms with van der Waals surface area (Å²) in [6, 6.07) is 1.93. The van der Waals surface area contributed by atoms with Crippen LogP contribution in [0.15, 0.2) is 10.6 Å². The molecule has 2 aromatic heterocycles. The van der Waals surface area contributed by atoms with E-state index in [2.05, 4.69) is 10.3 Å². The fourth-order valence-electron chi connectivity index (χ4n) is 3.86. The highest BCUT2D eigenvalue weighted by molar-refractivity contribution is 5.92. The van der Waals surface area contributed by atoms with Gasteiger partial charge in [0.1, 0.15) is 5.76 Å². The van der Waals surface area contributed by atoms with Crippen LogP contribution in [0.1, 0.15) is 46.0 Å². The van der Waals surface area contributed by atoms with Gasteiger partial charge in [0.15, 0.2) is 5.69 Å². The van der Waals surface area contributed by atoms with Gasteiger partial charge in [-0.3, -0.25) is 14.3 Å². The number of nitrogens with zero attached hydrogens (tertiary/aromatic N) is 5. The molecule has 0 bridgehead atoms. The highest BCUT2D eigenvalue weighted by Crippen LogP contribution is 2.18. The Morgan fingerprint density at radius 2 is 1.81 bits per heavy atom. The Hall–Kier alpha value is -2.64. The van der Waals surface area contributed by atoms with E-state index in [1.54, 1.807) is 4.90 Å². The summed E-state index contributed by atoms with van der Waals surface area (Å²) in [6.07, 6.45) is 3.56. The number of amides is 2. The lowest BCUT2D eigenvalue weighted by atomic mass is 10.1. The van der Waals surface area contributed by atoms with E-state index in [4.69, 9.17) is 4.52 Å². The standard InChI is InChI=1S/C19H25N5O3/c1-13-16(14(2)27-21-13)12-18(25)22-7-9-23(10-8-22)19(26)17-11-15-5-3-4-6-24(15)20-17/h11H,3-10,12H2,1-2H3. The average molecular weight is 371 g/mol. The molecule has 1 saturated heterocycles. The van der Waals surface area contributed by atoms with E-state index in [-0.39, 0.29) is 11.8 Å². The van der Waals surface area contributed by atoms with Crippen LogP contribution in [0, 0.1) is 13.8 Å². The van der Waals surface area contributed by atoms with Crippen molar-refractivity contribution in [3.05, 3.63) is 34.5 Å². The number of aromatic nitrogens is 3. The van der Waals surface area contributed by atoms with Crippen molar-refractivity contribution in [2.24, 2.45) is 0 Å². The number of hydrogen-bond acceptors (Lipinski definition) is 5. The van der Waals surface area contributed by atoms with Gasteiger partial charge in [-0.25, -0.2) is 0 Å². The summed E-state index contributed by atoms with van der Waals surface area (Å²) in [7, 11) is 0. The SMILES string of the molecule is Cc1noc(C)c1CC(=O)N1CCN(C(=O)c2cc3n(n2)CCCC3)CC1. The lowest BCUT2D eigenvalue weighted by Crippen LogP contribution is -2.51. The van der Waals surface area contributed by atoms with Gasteiger partial charge in [-0.1, -0.05) is 5.16 Å². The molecule has 0 radical (unpaired) electrons. The van der Waals surface area contributed by atoms with Crippen LogP contribution < -0.4 is 0 Å². The molecule has 0 unspecified atom stereocenters. The summed E-state index contributed by atoms with van der Waals surface area (Å²) in [5.74, 6) is 0.710. The molecule has 2 amide bonds. The second-order valence-corrected chi connectivity index (χ2v) is 7.35. The first-order chi connectivity index (χ1) is 13.0. The Labute approximate surface area is 158 Å². The maximum Gasteiger partial charge on any atom is 0.274 e. The van der Waals surface area contributed by atoms with E-state index in [0.29, 0.717) is 44.1 Å². The zero-order valence-corrected chi connectivity index (χ0v) is 15.9. The van der Waals surface area contributed by atoms with Crippen LogP contribution in [0.5, 0.6) is 0 Å². The van der Waals surface area contributed by atoms with Gasteiger partial charge < -0.3 is 14.3 Å². The zero-order chi connectivity index (χ0) is 19.0. The molecule has 8 heteroatoms. The number of rotatable bonds is 3. The summed E-state index contributed by atoms with van der Waals surface area (Å²) in [5, 5.41) is 8.38. The molecule has 0 atom stereocenters. The fourth-order valence-corrected chi connectivity index (χ4v) is 3.86. The summed E-state index contributed by atoms with van der Waals surface area (Å²) in [4.78, 5) is 29.0. The van der Waals surface area contributed by atoms with Crippen LogP contribution in [0.4, 0.5) is 0 Å². The third kappa shape index (κ3) is 3.48. The lowest BCUT2D eigenvalue weighted by molar-refractivity contribution is -0.131. The van der Waals surface area contributed by atoms with Gasteiger partial charge in [0.2, 0.25) is 5.91 Å². The molecule has 144 valence electrons. The van der Waals surface area contributed by atoms with E-state index in [1.807, 2.05) is 29.5 Å². The van der Waals surface area contributed by atoms with Gasteiger partial charge in [0.25, 0.3) is 5.91 Å². The minimum Gasteiger partial charge on any atom is -0.361 e. The molecule has 2 aliphatic heterocycles. The summed E-state index contributed by atoms with van der Waals surface area (Å²) in [6.45, 7) is 6.72. The summed E-state index contributed by atoms with van der Waals surface area (Å²) in [5.41, 5.74) is 3.31. The topological polar surface area (TPSA) is 84.5 Å². The number of aryl methyl sites for hydroxylation is 4. The molecule has 27 heavy (non-hydrogen) atoms. The lowest BCUT2D eigenvalue weighted by Gasteiger charge is -2.34. The first kappa shape index (κ1) is 17.8. The molecule has 0 spiro atoms. The van der Waals surface area contributed by atoms with Crippen molar-refractivity contribution in [2.75, 3.05) is 26.2 Å². The first-order valence-electron chi connectivity index (χ1n) is 9.58. The Bertz CT molecular complexity index is 818. The maximum absolute atomic E-state index is 12.8. The molecule has 1 fully saturated rings. The summed E-state index contributed by atoms with van der Waals surface area (Å²) < 4.78 is 7.09. The van der Waals surface area contributed by atoms with Gasteiger partial charge in [-0.2, -0.15) is 5.10 Å². The van der Waals surface area contributed by atoms with Crippen LogP contribution in [-0.4, -0.2) is 62.7 Å². The minimum atomic E-state index is -0.0327. The number of carbonyl (C=O) groups excluding carboxylic acids is 2.